The SMILES string of the molecule is C=CCC(N)CCCCCCCCCCC.Cl. The van der Waals surface area contributed by atoms with Crippen molar-refractivity contribution < 1.29 is 0 Å². The van der Waals surface area contributed by atoms with E-state index in [1.54, 1.807) is 0 Å². The lowest BCUT2D eigenvalue weighted by molar-refractivity contribution is 0.525. The van der Waals surface area contributed by atoms with E-state index in [9.17, 15) is 0 Å². The second-order valence-electron chi connectivity index (χ2n) is 4.90. The lowest BCUT2D eigenvalue weighted by Crippen LogP contribution is -2.18. The topological polar surface area (TPSA) is 26.0 Å². The van der Waals surface area contributed by atoms with Gasteiger partial charge in [0.25, 0.3) is 0 Å². The molecule has 0 spiro atoms. The lowest BCUT2D eigenvalue weighted by atomic mass is 10.0. The maximum absolute atomic E-state index is 5.91. The van der Waals surface area contributed by atoms with Crippen molar-refractivity contribution in [3.8, 4) is 0 Å². The molecule has 0 saturated heterocycles. The summed E-state index contributed by atoms with van der Waals surface area (Å²) < 4.78 is 0. The number of unbranched alkanes of at least 4 members (excludes halogenated alkanes) is 8. The Morgan fingerprint density at radius 3 is 1.88 bits per heavy atom. The Labute approximate surface area is 115 Å². The van der Waals surface area contributed by atoms with Crippen molar-refractivity contribution in [3.63, 3.8) is 0 Å². The molecule has 0 aromatic carbocycles. The second kappa shape index (κ2) is 16.0. The van der Waals surface area contributed by atoms with E-state index in [1.165, 1.54) is 64.2 Å². The standard InChI is InChI=1S/C15H31N.ClH/c1-3-5-6-7-8-9-10-11-12-14-15(16)13-4-2;/h4,15H,2-3,5-14,16H2,1H3;1H. The third kappa shape index (κ3) is 16.0. The van der Waals surface area contributed by atoms with Gasteiger partial charge in [0.1, 0.15) is 0 Å². The van der Waals surface area contributed by atoms with Gasteiger partial charge in [0.05, 0.1) is 0 Å². The quantitative estimate of drug-likeness (QED) is 0.378. The molecular weight excluding hydrogens is 230 g/mol. The molecule has 0 aliphatic heterocycles. The number of hydrogen-bond acceptors (Lipinski definition) is 1. The smallest absolute Gasteiger partial charge is 0.00733 e. The van der Waals surface area contributed by atoms with Crippen molar-refractivity contribution in [2.75, 3.05) is 0 Å². The molecule has 17 heavy (non-hydrogen) atoms. The molecule has 0 rings (SSSR count). The van der Waals surface area contributed by atoms with Gasteiger partial charge >= 0.3 is 0 Å². The highest BCUT2D eigenvalue weighted by Gasteiger charge is 1.99. The van der Waals surface area contributed by atoms with E-state index in [0.717, 1.165) is 6.42 Å². The monoisotopic (exact) mass is 261 g/mol. The second-order valence-corrected chi connectivity index (χ2v) is 4.90. The first-order valence-electron chi connectivity index (χ1n) is 7.17. The van der Waals surface area contributed by atoms with Crippen molar-refractivity contribution in [2.24, 2.45) is 5.73 Å². The summed E-state index contributed by atoms with van der Waals surface area (Å²) >= 11 is 0. The van der Waals surface area contributed by atoms with E-state index in [1.807, 2.05) is 6.08 Å². The fourth-order valence-corrected chi connectivity index (χ4v) is 2.05. The van der Waals surface area contributed by atoms with Crippen LogP contribution in [0.5, 0.6) is 0 Å². The molecule has 0 heterocycles. The van der Waals surface area contributed by atoms with E-state index < -0.39 is 0 Å². The molecular formula is C15H32ClN. The van der Waals surface area contributed by atoms with Crippen LogP contribution in [0.1, 0.15) is 77.6 Å². The molecule has 0 amide bonds. The molecule has 0 fully saturated rings. The Morgan fingerprint density at radius 1 is 0.941 bits per heavy atom. The van der Waals surface area contributed by atoms with E-state index in [4.69, 9.17) is 5.73 Å². The zero-order valence-corrected chi connectivity index (χ0v) is 12.4. The third-order valence-electron chi connectivity index (χ3n) is 3.15. The molecule has 0 aromatic heterocycles. The first kappa shape index (κ1) is 19.3. The first-order valence-corrected chi connectivity index (χ1v) is 7.17. The highest BCUT2D eigenvalue weighted by molar-refractivity contribution is 5.85. The summed E-state index contributed by atoms with van der Waals surface area (Å²) in [6.07, 6.45) is 16.6. The molecule has 2 heteroatoms. The Morgan fingerprint density at radius 2 is 1.41 bits per heavy atom. The number of rotatable bonds is 12. The predicted molar refractivity (Wildman–Crippen MR) is 81.9 cm³/mol. The fraction of sp³-hybridized carbons (Fsp3) is 0.867. The van der Waals surface area contributed by atoms with E-state index in [2.05, 4.69) is 13.5 Å². The largest absolute Gasteiger partial charge is 0.327 e. The lowest BCUT2D eigenvalue weighted by Gasteiger charge is -2.08. The Balaban J connectivity index is 0. The van der Waals surface area contributed by atoms with E-state index in [0.29, 0.717) is 6.04 Å². The third-order valence-corrected chi connectivity index (χ3v) is 3.15. The minimum atomic E-state index is 0. The summed E-state index contributed by atoms with van der Waals surface area (Å²) in [7, 11) is 0. The minimum absolute atomic E-state index is 0. The molecule has 0 radical (unpaired) electrons. The minimum Gasteiger partial charge on any atom is -0.327 e. The molecule has 1 unspecified atom stereocenters. The van der Waals surface area contributed by atoms with Crippen molar-refractivity contribution in [1.29, 1.82) is 0 Å². The van der Waals surface area contributed by atoms with Crippen LogP contribution >= 0.6 is 12.4 Å². The summed E-state index contributed by atoms with van der Waals surface area (Å²) in [5, 5.41) is 0. The van der Waals surface area contributed by atoms with Crippen molar-refractivity contribution >= 4 is 12.4 Å². The zero-order chi connectivity index (χ0) is 12.1. The van der Waals surface area contributed by atoms with Gasteiger partial charge in [0, 0.05) is 6.04 Å². The highest BCUT2D eigenvalue weighted by atomic mass is 35.5. The summed E-state index contributed by atoms with van der Waals surface area (Å²) in [6.45, 7) is 5.98. The highest BCUT2D eigenvalue weighted by Crippen LogP contribution is 2.11. The van der Waals surface area contributed by atoms with Gasteiger partial charge in [-0.05, 0) is 12.8 Å². The van der Waals surface area contributed by atoms with Crippen LogP contribution in [0.2, 0.25) is 0 Å². The van der Waals surface area contributed by atoms with Crippen molar-refractivity contribution in [1.82, 2.24) is 0 Å². The van der Waals surface area contributed by atoms with Crippen LogP contribution < -0.4 is 5.73 Å². The molecule has 0 bridgehead atoms. The predicted octanol–water partition coefficient (Wildman–Crippen LogP) is 5.23. The molecule has 0 aromatic rings. The summed E-state index contributed by atoms with van der Waals surface area (Å²) in [4.78, 5) is 0. The van der Waals surface area contributed by atoms with Crippen LogP contribution in [0, 0.1) is 0 Å². The van der Waals surface area contributed by atoms with Crippen LogP contribution in [-0.2, 0) is 0 Å². The van der Waals surface area contributed by atoms with E-state index >= 15 is 0 Å². The fourth-order valence-electron chi connectivity index (χ4n) is 2.05. The van der Waals surface area contributed by atoms with Gasteiger partial charge in [-0.3, -0.25) is 0 Å². The van der Waals surface area contributed by atoms with Crippen LogP contribution in [0.4, 0.5) is 0 Å². The molecule has 0 aliphatic carbocycles. The van der Waals surface area contributed by atoms with Crippen molar-refractivity contribution in [2.45, 2.75) is 83.6 Å². The van der Waals surface area contributed by atoms with Gasteiger partial charge in [0.2, 0.25) is 0 Å². The van der Waals surface area contributed by atoms with Gasteiger partial charge in [-0.1, -0.05) is 70.8 Å². The number of hydrogen-bond donors (Lipinski definition) is 1. The number of nitrogens with two attached hydrogens (primary N) is 1. The van der Waals surface area contributed by atoms with Crippen LogP contribution in [0.15, 0.2) is 12.7 Å². The van der Waals surface area contributed by atoms with Gasteiger partial charge in [-0.15, -0.1) is 19.0 Å². The van der Waals surface area contributed by atoms with Gasteiger partial charge < -0.3 is 5.73 Å². The van der Waals surface area contributed by atoms with Gasteiger partial charge in [-0.2, -0.15) is 0 Å². The summed E-state index contributed by atoms with van der Waals surface area (Å²) in [5.41, 5.74) is 5.91. The molecule has 104 valence electrons. The molecule has 1 nitrogen and oxygen atoms in total. The number of halogens is 1. The Bertz CT molecular complexity index is 148. The normalized spacial score (nSPS) is 11.9. The summed E-state index contributed by atoms with van der Waals surface area (Å²) in [6, 6.07) is 0.349. The Kier molecular flexibility index (Phi) is 18.2. The van der Waals surface area contributed by atoms with Crippen LogP contribution in [0.3, 0.4) is 0 Å². The van der Waals surface area contributed by atoms with Gasteiger partial charge in [-0.25, -0.2) is 0 Å². The molecule has 2 N–H and O–H groups in total. The van der Waals surface area contributed by atoms with Gasteiger partial charge in [0.15, 0.2) is 0 Å². The van der Waals surface area contributed by atoms with Crippen molar-refractivity contribution in [3.05, 3.63) is 12.7 Å². The Hall–Kier alpha value is -0.0100. The first-order chi connectivity index (χ1) is 7.81. The van der Waals surface area contributed by atoms with Crippen LogP contribution in [-0.4, -0.2) is 6.04 Å². The van der Waals surface area contributed by atoms with E-state index in [-0.39, 0.29) is 12.4 Å². The molecule has 0 aliphatic rings. The summed E-state index contributed by atoms with van der Waals surface area (Å²) in [5.74, 6) is 0. The maximum Gasteiger partial charge on any atom is 0.00733 e. The molecule has 1 atom stereocenters. The van der Waals surface area contributed by atoms with Crippen LogP contribution in [0.25, 0.3) is 0 Å². The maximum atomic E-state index is 5.91. The average Bonchev–Trinajstić information content (AvgIpc) is 2.27. The molecule has 0 saturated carbocycles. The zero-order valence-electron chi connectivity index (χ0n) is 11.6. The average molecular weight is 262 g/mol.